The molecule has 5 heteroatoms. The number of hydrogen-bond donors (Lipinski definition) is 2. The monoisotopic (exact) mass is 367 g/mol. The van der Waals surface area contributed by atoms with Gasteiger partial charge in [-0.3, -0.25) is 4.79 Å². The average molecular weight is 367 g/mol. The number of rotatable bonds is 7. The van der Waals surface area contributed by atoms with Crippen LogP contribution in [0.5, 0.6) is 0 Å². The lowest BCUT2D eigenvalue weighted by atomic mass is 10.00. The minimum atomic E-state index is -0.950. The highest BCUT2D eigenvalue weighted by atomic mass is 16.4. The SMILES string of the molecule is O=C(O)c1ccc(CCC(=O)N2CCC[C@H]2C[C@@H](O)c2ccccc2)cc1. The Bertz CT molecular complexity index is 773. The molecule has 5 nitrogen and oxygen atoms in total. The van der Waals surface area contributed by atoms with E-state index in [-0.39, 0.29) is 17.5 Å². The first-order valence-electron chi connectivity index (χ1n) is 9.39. The molecule has 0 unspecified atom stereocenters. The van der Waals surface area contributed by atoms with Gasteiger partial charge in [0.1, 0.15) is 0 Å². The van der Waals surface area contributed by atoms with Crippen LogP contribution in [0.2, 0.25) is 0 Å². The van der Waals surface area contributed by atoms with E-state index in [9.17, 15) is 14.7 Å². The summed E-state index contributed by atoms with van der Waals surface area (Å²) in [5.41, 5.74) is 2.09. The predicted molar refractivity (Wildman–Crippen MR) is 102 cm³/mol. The molecule has 2 N–H and O–H groups in total. The fourth-order valence-electron chi connectivity index (χ4n) is 3.69. The van der Waals surface area contributed by atoms with Crippen LogP contribution in [0.25, 0.3) is 0 Å². The van der Waals surface area contributed by atoms with Crippen molar-refractivity contribution in [2.75, 3.05) is 6.54 Å². The smallest absolute Gasteiger partial charge is 0.335 e. The van der Waals surface area contributed by atoms with Crippen molar-refractivity contribution >= 4 is 11.9 Å². The number of hydrogen-bond acceptors (Lipinski definition) is 3. The van der Waals surface area contributed by atoms with Crippen LogP contribution in [0.4, 0.5) is 0 Å². The zero-order chi connectivity index (χ0) is 19.2. The van der Waals surface area contributed by atoms with Crippen LogP contribution in [0.1, 0.15) is 53.3 Å². The third-order valence-electron chi connectivity index (χ3n) is 5.21. The number of aromatic carboxylic acids is 1. The van der Waals surface area contributed by atoms with Gasteiger partial charge < -0.3 is 15.1 Å². The molecule has 0 aromatic heterocycles. The van der Waals surface area contributed by atoms with Crippen LogP contribution in [0.3, 0.4) is 0 Å². The first-order chi connectivity index (χ1) is 13.0. The van der Waals surface area contributed by atoms with E-state index in [1.165, 1.54) is 0 Å². The molecule has 0 aliphatic carbocycles. The summed E-state index contributed by atoms with van der Waals surface area (Å²) in [6, 6.07) is 16.3. The van der Waals surface area contributed by atoms with Crippen molar-refractivity contribution in [2.24, 2.45) is 0 Å². The number of likely N-dealkylation sites (tertiary alicyclic amines) is 1. The highest BCUT2D eigenvalue weighted by molar-refractivity contribution is 5.87. The van der Waals surface area contributed by atoms with Gasteiger partial charge in [-0.1, -0.05) is 42.5 Å². The van der Waals surface area contributed by atoms with Gasteiger partial charge in [-0.25, -0.2) is 4.79 Å². The third kappa shape index (κ3) is 4.95. The minimum absolute atomic E-state index is 0.0714. The molecule has 0 spiro atoms. The van der Waals surface area contributed by atoms with Gasteiger partial charge in [0.25, 0.3) is 0 Å². The molecule has 0 bridgehead atoms. The molecule has 1 aliphatic heterocycles. The molecule has 2 atom stereocenters. The van der Waals surface area contributed by atoms with Crippen molar-refractivity contribution in [1.29, 1.82) is 0 Å². The Morgan fingerprint density at radius 2 is 1.78 bits per heavy atom. The van der Waals surface area contributed by atoms with Gasteiger partial charge in [-0.2, -0.15) is 0 Å². The summed E-state index contributed by atoms with van der Waals surface area (Å²) in [5, 5.41) is 19.4. The first kappa shape index (κ1) is 19.1. The van der Waals surface area contributed by atoms with E-state index in [2.05, 4.69) is 0 Å². The Morgan fingerprint density at radius 3 is 2.44 bits per heavy atom. The Kier molecular flexibility index (Phi) is 6.24. The molecular formula is C22H25NO4. The molecule has 1 amide bonds. The molecule has 1 fully saturated rings. The normalized spacial score (nSPS) is 17.7. The van der Waals surface area contributed by atoms with E-state index in [4.69, 9.17) is 5.11 Å². The van der Waals surface area contributed by atoms with Crippen molar-refractivity contribution < 1.29 is 19.8 Å². The van der Waals surface area contributed by atoms with E-state index in [0.717, 1.165) is 30.5 Å². The van der Waals surface area contributed by atoms with Gasteiger partial charge in [0, 0.05) is 19.0 Å². The second-order valence-electron chi connectivity index (χ2n) is 7.05. The third-order valence-corrected chi connectivity index (χ3v) is 5.21. The second-order valence-corrected chi connectivity index (χ2v) is 7.05. The molecule has 1 aliphatic rings. The highest BCUT2D eigenvalue weighted by Gasteiger charge is 2.30. The van der Waals surface area contributed by atoms with Gasteiger partial charge in [0.15, 0.2) is 0 Å². The maximum atomic E-state index is 12.7. The average Bonchev–Trinajstić information content (AvgIpc) is 3.15. The molecule has 1 heterocycles. The number of carboxylic acid groups (broad SMARTS) is 1. The first-order valence-corrected chi connectivity index (χ1v) is 9.39. The standard InChI is InChI=1S/C22H25NO4/c24-20(17-5-2-1-3-6-17)15-19-7-4-14-23(19)21(25)13-10-16-8-11-18(12-9-16)22(26)27/h1-3,5-6,8-9,11-12,19-20,24H,4,7,10,13-15H2,(H,26,27)/t19-,20+/m0/s1. The Morgan fingerprint density at radius 1 is 1.07 bits per heavy atom. The number of aliphatic hydroxyl groups is 1. The highest BCUT2D eigenvalue weighted by Crippen LogP contribution is 2.28. The maximum absolute atomic E-state index is 12.7. The fraction of sp³-hybridized carbons (Fsp3) is 0.364. The molecule has 27 heavy (non-hydrogen) atoms. The molecule has 0 saturated carbocycles. The van der Waals surface area contributed by atoms with E-state index in [0.29, 0.717) is 19.3 Å². The lowest BCUT2D eigenvalue weighted by Gasteiger charge is -2.27. The van der Waals surface area contributed by atoms with E-state index >= 15 is 0 Å². The lowest BCUT2D eigenvalue weighted by molar-refractivity contribution is -0.132. The van der Waals surface area contributed by atoms with Crippen LogP contribution < -0.4 is 0 Å². The second kappa shape index (κ2) is 8.82. The molecule has 0 radical (unpaired) electrons. The number of carboxylic acids is 1. The Hall–Kier alpha value is -2.66. The summed E-state index contributed by atoms with van der Waals surface area (Å²) in [7, 11) is 0. The summed E-state index contributed by atoms with van der Waals surface area (Å²) >= 11 is 0. The zero-order valence-corrected chi connectivity index (χ0v) is 15.3. The number of aryl methyl sites for hydroxylation is 1. The van der Waals surface area contributed by atoms with Crippen LogP contribution in [0, 0.1) is 0 Å². The quantitative estimate of drug-likeness (QED) is 0.786. The van der Waals surface area contributed by atoms with Gasteiger partial charge in [-0.05, 0) is 48.9 Å². The topological polar surface area (TPSA) is 77.8 Å². The van der Waals surface area contributed by atoms with Crippen LogP contribution in [-0.2, 0) is 11.2 Å². The lowest BCUT2D eigenvalue weighted by Crippen LogP contribution is -2.36. The van der Waals surface area contributed by atoms with Gasteiger partial charge in [0.2, 0.25) is 5.91 Å². The summed E-state index contributed by atoms with van der Waals surface area (Å²) in [5.74, 6) is -0.852. The Balaban J connectivity index is 1.54. The summed E-state index contributed by atoms with van der Waals surface area (Å²) in [6.45, 7) is 0.739. The van der Waals surface area contributed by atoms with Crippen molar-refractivity contribution in [3.8, 4) is 0 Å². The molecule has 142 valence electrons. The number of nitrogens with zero attached hydrogens (tertiary/aromatic N) is 1. The van der Waals surface area contributed by atoms with E-state index in [1.807, 2.05) is 35.2 Å². The molecule has 2 aromatic rings. The molecular weight excluding hydrogens is 342 g/mol. The van der Waals surface area contributed by atoms with Gasteiger partial charge in [0.05, 0.1) is 11.7 Å². The molecule has 3 rings (SSSR count). The molecule has 2 aromatic carbocycles. The largest absolute Gasteiger partial charge is 0.478 e. The van der Waals surface area contributed by atoms with Crippen molar-refractivity contribution in [3.63, 3.8) is 0 Å². The van der Waals surface area contributed by atoms with Gasteiger partial charge >= 0.3 is 5.97 Å². The predicted octanol–water partition coefficient (Wildman–Crippen LogP) is 3.43. The van der Waals surface area contributed by atoms with Gasteiger partial charge in [-0.15, -0.1) is 0 Å². The number of benzene rings is 2. The van der Waals surface area contributed by atoms with Crippen LogP contribution in [-0.4, -0.2) is 39.6 Å². The fourth-order valence-corrected chi connectivity index (χ4v) is 3.69. The van der Waals surface area contributed by atoms with E-state index < -0.39 is 12.1 Å². The number of aliphatic hydroxyl groups excluding tert-OH is 1. The molecule has 1 saturated heterocycles. The van der Waals surface area contributed by atoms with Crippen molar-refractivity contribution in [2.45, 2.75) is 44.2 Å². The van der Waals surface area contributed by atoms with Crippen LogP contribution >= 0.6 is 0 Å². The zero-order valence-electron chi connectivity index (χ0n) is 15.3. The summed E-state index contributed by atoms with van der Waals surface area (Å²) in [4.78, 5) is 25.5. The summed E-state index contributed by atoms with van der Waals surface area (Å²) < 4.78 is 0. The van der Waals surface area contributed by atoms with E-state index in [1.54, 1.807) is 24.3 Å². The Labute approximate surface area is 159 Å². The van der Waals surface area contributed by atoms with Crippen LogP contribution in [0.15, 0.2) is 54.6 Å². The minimum Gasteiger partial charge on any atom is -0.478 e. The summed E-state index contributed by atoms with van der Waals surface area (Å²) in [6.07, 6.45) is 2.86. The van der Waals surface area contributed by atoms with Crippen molar-refractivity contribution in [1.82, 2.24) is 4.90 Å². The maximum Gasteiger partial charge on any atom is 0.335 e. The van der Waals surface area contributed by atoms with Crippen molar-refractivity contribution in [3.05, 3.63) is 71.3 Å². The number of carbonyl (C=O) groups excluding carboxylic acids is 1. The number of carbonyl (C=O) groups is 2. The number of amides is 1.